The first-order chi connectivity index (χ1) is 8.98. The van der Waals surface area contributed by atoms with Crippen LogP contribution in [-0.2, 0) is 25.3 Å². The summed E-state index contributed by atoms with van der Waals surface area (Å²) in [5.41, 5.74) is 0.543. The van der Waals surface area contributed by atoms with Gasteiger partial charge in [0, 0.05) is 5.56 Å². The van der Waals surface area contributed by atoms with E-state index in [9.17, 15) is 13.2 Å². The van der Waals surface area contributed by atoms with Gasteiger partial charge < -0.3 is 9.47 Å². The average molecular weight is 287 g/mol. The highest BCUT2D eigenvalue weighted by molar-refractivity contribution is 7.88. The minimum absolute atomic E-state index is 0.250. The van der Waals surface area contributed by atoms with E-state index in [1.165, 1.54) is 7.11 Å². The number of ether oxygens (including phenoxy) is 2. The van der Waals surface area contributed by atoms with Gasteiger partial charge in [-0.1, -0.05) is 18.2 Å². The molecular formula is C12H17NO5S. The normalized spacial score (nSPS) is 11.1. The van der Waals surface area contributed by atoms with E-state index >= 15 is 0 Å². The van der Waals surface area contributed by atoms with Gasteiger partial charge in [0.2, 0.25) is 10.0 Å². The van der Waals surface area contributed by atoms with Crippen LogP contribution in [0.4, 0.5) is 0 Å². The fraction of sp³-hybridized carbons (Fsp3) is 0.417. The van der Waals surface area contributed by atoms with Crippen molar-refractivity contribution >= 4 is 16.0 Å². The summed E-state index contributed by atoms with van der Waals surface area (Å²) >= 11 is 0. The van der Waals surface area contributed by atoms with Crippen molar-refractivity contribution in [2.24, 2.45) is 0 Å². The number of methoxy groups -OCH3 is 1. The highest BCUT2D eigenvalue weighted by atomic mass is 32.2. The summed E-state index contributed by atoms with van der Waals surface area (Å²) in [6.45, 7) is 1.89. The summed E-state index contributed by atoms with van der Waals surface area (Å²) < 4.78 is 35.5. The molecule has 0 saturated heterocycles. The number of esters is 1. The number of para-hydroxylation sites is 1. The van der Waals surface area contributed by atoms with E-state index in [0.717, 1.165) is 0 Å². The molecule has 1 aromatic carbocycles. The average Bonchev–Trinajstić information content (AvgIpc) is 2.38. The number of sulfonamides is 1. The van der Waals surface area contributed by atoms with E-state index in [2.05, 4.69) is 9.46 Å². The summed E-state index contributed by atoms with van der Waals surface area (Å²) in [5, 5.41) is 0. The maximum absolute atomic E-state index is 11.8. The molecule has 1 aromatic rings. The molecule has 6 nitrogen and oxygen atoms in total. The Morgan fingerprint density at radius 2 is 2.00 bits per heavy atom. The van der Waals surface area contributed by atoms with Gasteiger partial charge in [-0.3, -0.25) is 4.79 Å². The van der Waals surface area contributed by atoms with Gasteiger partial charge in [0.15, 0.2) is 0 Å². The Labute approximate surface area is 112 Å². The van der Waals surface area contributed by atoms with Crippen molar-refractivity contribution in [1.29, 1.82) is 0 Å². The van der Waals surface area contributed by atoms with E-state index in [-0.39, 0.29) is 12.3 Å². The lowest BCUT2D eigenvalue weighted by molar-refractivity contribution is -0.139. The maximum Gasteiger partial charge on any atom is 0.320 e. The number of nitrogens with one attached hydrogen (secondary N) is 1. The third kappa shape index (κ3) is 5.27. The maximum atomic E-state index is 11.8. The largest absolute Gasteiger partial charge is 0.494 e. The monoisotopic (exact) mass is 287 g/mol. The van der Waals surface area contributed by atoms with Crippen LogP contribution in [0.15, 0.2) is 24.3 Å². The van der Waals surface area contributed by atoms with E-state index in [0.29, 0.717) is 17.9 Å². The van der Waals surface area contributed by atoms with Crippen molar-refractivity contribution in [2.45, 2.75) is 12.7 Å². The number of hydrogen-bond donors (Lipinski definition) is 1. The molecule has 0 heterocycles. The molecule has 0 aliphatic rings. The quantitative estimate of drug-likeness (QED) is 0.746. The molecule has 19 heavy (non-hydrogen) atoms. The molecule has 0 amide bonds. The van der Waals surface area contributed by atoms with Gasteiger partial charge in [-0.2, -0.15) is 0 Å². The summed E-state index contributed by atoms with van der Waals surface area (Å²) in [6.07, 6.45) is 0. The smallest absolute Gasteiger partial charge is 0.320 e. The number of rotatable bonds is 7. The first-order valence-corrected chi connectivity index (χ1v) is 7.38. The molecule has 1 rings (SSSR count). The predicted molar refractivity (Wildman–Crippen MR) is 70.3 cm³/mol. The van der Waals surface area contributed by atoms with E-state index in [1.54, 1.807) is 24.3 Å². The van der Waals surface area contributed by atoms with Gasteiger partial charge >= 0.3 is 5.97 Å². The lowest BCUT2D eigenvalue weighted by Crippen LogP contribution is -2.31. The highest BCUT2D eigenvalue weighted by Crippen LogP contribution is 2.19. The summed E-state index contributed by atoms with van der Waals surface area (Å²) in [5.74, 6) is -0.365. The Bertz CT molecular complexity index is 527. The molecule has 0 bridgehead atoms. The Balaban J connectivity index is 2.75. The second-order valence-corrected chi connectivity index (χ2v) is 5.50. The van der Waals surface area contributed by atoms with Crippen LogP contribution in [0.1, 0.15) is 12.5 Å². The molecule has 106 valence electrons. The zero-order chi connectivity index (χ0) is 14.3. The van der Waals surface area contributed by atoms with Gasteiger partial charge in [-0.15, -0.1) is 0 Å². The first-order valence-electron chi connectivity index (χ1n) is 5.73. The van der Waals surface area contributed by atoms with Crippen molar-refractivity contribution in [2.75, 3.05) is 20.3 Å². The molecule has 0 saturated carbocycles. The Kier molecular flexibility index (Phi) is 5.78. The van der Waals surface area contributed by atoms with Gasteiger partial charge in [0.25, 0.3) is 0 Å². The van der Waals surface area contributed by atoms with Crippen molar-refractivity contribution < 1.29 is 22.7 Å². The Hall–Kier alpha value is -1.60. The van der Waals surface area contributed by atoms with E-state index in [4.69, 9.17) is 4.74 Å². The topological polar surface area (TPSA) is 81.7 Å². The lowest BCUT2D eigenvalue weighted by atomic mass is 10.2. The van der Waals surface area contributed by atoms with Crippen molar-refractivity contribution in [3.63, 3.8) is 0 Å². The van der Waals surface area contributed by atoms with Crippen LogP contribution in [0, 0.1) is 0 Å². The minimum atomic E-state index is -3.61. The molecular weight excluding hydrogens is 270 g/mol. The van der Waals surface area contributed by atoms with Gasteiger partial charge in [0.1, 0.15) is 12.3 Å². The van der Waals surface area contributed by atoms with Crippen LogP contribution < -0.4 is 9.46 Å². The molecule has 7 heteroatoms. The van der Waals surface area contributed by atoms with Gasteiger partial charge in [-0.05, 0) is 13.0 Å². The Morgan fingerprint density at radius 1 is 1.32 bits per heavy atom. The third-order valence-electron chi connectivity index (χ3n) is 2.28. The molecule has 0 aromatic heterocycles. The number of benzene rings is 1. The molecule has 1 N–H and O–H groups in total. The predicted octanol–water partition coefficient (Wildman–Crippen LogP) is 0.678. The summed E-state index contributed by atoms with van der Waals surface area (Å²) in [6, 6.07) is 6.87. The van der Waals surface area contributed by atoms with Gasteiger partial charge in [0.05, 0.1) is 19.5 Å². The fourth-order valence-corrected chi connectivity index (χ4v) is 2.50. The van der Waals surface area contributed by atoms with Gasteiger partial charge in [-0.25, -0.2) is 13.1 Å². The second kappa shape index (κ2) is 7.10. The van der Waals surface area contributed by atoms with Crippen molar-refractivity contribution in [1.82, 2.24) is 4.72 Å². The van der Waals surface area contributed by atoms with Crippen LogP contribution in [0.25, 0.3) is 0 Å². The molecule has 0 atom stereocenters. The minimum Gasteiger partial charge on any atom is -0.494 e. The van der Waals surface area contributed by atoms with E-state index < -0.39 is 16.0 Å². The molecule has 0 aliphatic carbocycles. The van der Waals surface area contributed by atoms with Crippen molar-refractivity contribution in [3.05, 3.63) is 29.8 Å². The summed E-state index contributed by atoms with van der Waals surface area (Å²) in [4.78, 5) is 10.9. The van der Waals surface area contributed by atoms with Crippen LogP contribution in [0.3, 0.4) is 0 Å². The van der Waals surface area contributed by atoms with E-state index in [1.807, 2.05) is 6.92 Å². The first kappa shape index (κ1) is 15.5. The van der Waals surface area contributed by atoms with Crippen LogP contribution >= 0.6 is 0 Å². The third-order valence-corrected chi connectivity index (χ3v) is 3.56. The SMILES string of the molecule is CCOc1ccccc1CS(=O)(=O)NCC(=O)OC. The molecule has 0 aliphatic heterocycles. The molecule has 0 spiro atoms. The number of carbonyl (C=O) groups is 1. The molecule has 0 fully saturated rings. The molecule has 0 radical (unpaired) electrons. The molecule has 0 unspecified atom stereocenters. The highest BCUT2D eigenvalue weighted by Gasteiger charge is 2.16. The zero-order valence-corrected chi connectivity index (χ0v) is 11.7. The number of carbonyl (C=O) groups excluding carboxylic acids is 1. The van der Waals surface area contributed by atoms with Crippen LogP contribution in [-0.4, -0.2) is 34.6 Å². The lowest BCUT2D eigenvalue weighted by Gasteiger charge is -2.10. The van der Waals surface area contributed by atoms with Crippen LogP contribution in [0.2, 0.25) is 0 Å². The Morgan fingerprint density at radius 3 is 2.63 bits per heavy atom. The fourth-order valence-electron chi connectivity index (χ4n) is 1.42. The standard InChI is InChI=1S/C12H17NO5S/c1-3-18-11-7-5-4-6-10(11)9-19(15,16)13-8-12(14)17-2/h4-7,13H,3,8-9H2,1-2H3. The van der Waals surface area contributed by atoms with Crippen LogP contribution in [0.5, 0.6) is 5.75 Å². The summed E-state index contributed by atoms with van der Waals surface area (Å²) in [7, 11) is -2.42. The number of hydrogen-bond acceptors (Lipinski definition) is 5. The zero-order valence-electron chi connectivity index (χ0n) is 10.9. The second-order valence-electron chi connectivity index (χ2n) is 3.70. The van der Waals surface area contributed by atoms with Crippen molar-refractivity contribution in [3.8, 4) is 5.75 Å².